The predicted molar refractivity (Wildman–Crippen MR) is 89.2 cm³/mol. The largest absolute Gasteiger partial charge is 0.468 e. The number of likely N-dealkylation sites (tertiary alicyclic amines) is 1. The molecule has 1 aliphatic rings. The number of carbonyl (C=O) groups is 2. The summed E-state index contributed by atoms with van der Waals surface area (Å²) in [5, 5.41) is 0.217. The van der Waals surface area contributed by atoms with E-state index in [0.717, 1.165) is 18.6 Å². The molecular weight excluding hydrogens is 355 g/mol. The lowest BCUT2D eigenvalue weighted by Crippen LogP contribution is -2.29. The SMILES string of the molecule is COC(=O)CS[C@H]1CCN(C(=O)CCc2ccc(C(F)(F)F)cc2)C1. The Morgan fingerprint density at radius 2 is 1.96 bits per heavy atom. The van der Waals surface area contributed by atoms with Crippen LogP contribution in [0.1, 0.15) is 24.0 Å². The first-order valence-corrected chi connectivity index (χ1v) is 8.97. The Kier molecular flexibility index (Phi) is 6.75. The van der Waals surface area contributed by atoms with E-state index in [4.69, 9.17) is 0 Å². The van der Waals surface area contributed by atoms with E-state index in [9.17, 15) is 22.8 Å². The number of hydrogen-bond acceptors (Lipinski definition) is 4. The standard InChI is InChI=1S/C17H20F3NO3S/c1-24-16(23)11-25-14-8-9-21(10-14)15(22)7-4-12-2-5-13(6-3-12)17(18,19)20/h2-3,5-6,14H,4,7-11H2,1H3/t14-/m0/s1. The maximum Gasteiger partial charge on any atom is 0.416 e. The molecule has 25 heavy (non-hydrogen) atoms. The Balaban J connectivity index is 1.76. The van der Waals surface area contributed by atoms with Crippen molar-refractivity contribution in [1.82, 2.24) is 4.90 Å². The van der Waals surface area contributed by atoms with Crippen molar-refractivity contribution in [1.29, 1.82) is 0 Å². The van der Waals surface area contributed by atoms with Crippen molar-refractivity contribution in [2.24, 2.45) is 0 Å². The fourth-order valence-corrected chi connectivity index (χ4v) is 3.65. The van der Waals surface area contributed by atoms with Crippen molar-refractivity contribution >= 4 is 23.6 Å². The lowest BCUT2D eigenvalue weighted by molar-refractivity contribution is -0.138. The predicted octanol–water partition coefficient (Wildman–Crippen LogP) is 3.15. The smallest absolute Gasteiger partial charge is 0.416 e. The summed E-state index contributed by atoms with van der Waals surface area (Å²) in [4.78, 5) is 25.1. The van der Waals surface area contributed by atoms with Gasteiger partial charge >= 0.3 is 12.1 Å². The summed E-state index contributed by atoms with van der Waals surface area (Å²) in [6.45, 7) is 1.23. The molecule has 1 aromatic carbocycles. The van der Waals surface area contributed by atoms with Crippen LogP contribution in [0.3, 0.4) is 0 Å². The van der Waals surface area contributed by atoms with E-state index in [1.807, 2.05) is 0 Å². The summed E-state index contributed by atoms with van der Waals surface area (Å²) in [5.74, 6) is -0.0208. The Morgan fingerprint density at radius 1 is 1.28 bits per heavy atom. The van der Waals surface area contributed by atoms with Crippen molar-refractivity contribution < 1.29 is 27.5 Å². The van der Waals surface area contributed by atoms with Crippen molar-refractivity contribution in [3.05, 3.63) is 35.4 Å². The van der Waals surface area contributed by atoms with E-state index < -0.39 is 11.7 Å². The Morgan fingerprint density at radius 3 is 2.56 bits per heavy atom. The van der Waals surface area contributed by atoms with Crippen LogP contribution in [0.15, 0.2) is 24.3 Å². The molecule has 0 saturated carbocycles. The van der Waals surface area contributed by atoms with E-state index in [-0.39, 0.29) is 29.3 Å². The Labute approximate surface area is 148 Å². The third-order valence-electron chi connectivity index (χ3n) is 4.07. The molecule has 1 aromatic rings. The number of thioether (sulfide) groups is 1. The number of benzene rings is 1. The molecule has 0 spiro atoms. The highest BCUT2D eigenvalue weighted by Gasteiger charge is 2.30. The number of alkyl halides is 3. The first kappa shape index (κ1) is 19.6. The minimum absolute atomic E-state index is 0.0129. The van der Waals surface area contributed by atoms with Gasteiger partial charge in [0.25, 0.3) is 0 Å². The zero-order valence-corrected chi connectivity index (χ0v) is 14.7. The van der Waals surface area contributed by atoms with Crippen LogP contribution in [0.25, 0.3) is 0 Å². The lowest BCUT2D eigenvalue weighted by atomic mass is 10.1. The van der Waals surface area contributed by atoms with Gasteiger partial charge in [-0.05, 0) is 30.5 Å². The average Bonchev–Trinajstić information content (AvgIpc) is 3.06. The molecule has 1 saturated heterocycles. The number of hydrogen-bond donors (Lipinski definition) is 0. The Hall–Kier alpha value is -1.70. The van der Waals surface area contributed by atoms with Crippen LogP contribution in [-0.4, -0.2) is 48.0 Å². The second-order valence-electron chi connectivity index (χ2n) is 5.83. The van der Waals surface area contributed by atoms with Gasteiger partial charge in [-0.15, -0.1) is 11.8 Å². The molecule has 0 unspecified atom stereocenters. The number of aryl methyl sites for hydroxylation is 1. The minimum Gasteiger partial charge on any atom is -0.468 e. The summed E-state index contributed by atoms with van der Waals surface area (Å²) in [5.41, 5.74) is 0.0183. The van der Waals surface area contributed by atoms with Gasteiger partial charge in [0, 0.05) is 24.8 Å². The Bertz CT molecular complexity index is 604. The molecule has 138 valence electrons. The van der Waals surface area contributed by atoms with Gasteiger partial charge < -0.3 is 9.64 Å². The topological polar surface area (TPSA) is 46.6 Å². The average molecular weight is 375 g/mol. The number of carbonyl (C=O) groups excluding carboxylic acids is 2. The number of methoxy groups -OCH3 is 1. The molecule has 1 amide bonds. The molecule has 1 heterocycles. The normalized spacial score (nSPS) is 17.6. The quantitative estimate of drug-likeness (QED) is 0.717. The summed E-state index contributed by atoms with van der Waals surface area (Å²) >= 11 is 1.48. The number of nitrogens with zero attached hydrogens (tertiary/aromatic N) is 1. The highest BCUT2D eigenvalue weighted by molar-refractivity contribution is 8.00. The van der Waals surface area contributed by atoms with Crippen LogP contribution in [-0.2, 0) is 26.9 Å². The van der Waals surface area contributed by atoms with E-state index in [1.165, 1.54) is 31.0 Å². The van der Waals surface area contributed by atoms with Crippen LogP contribution >= 0.6 is 11.8 Å². The molecule has 0 radical (unpaired) electrons. The third kappa shape index (κ3) is 5.95. The molecular formula is C17H20F3NO3S. The molecule has 1 atom stereocenters. The van der Waals surface area contributed by atoms with Gasteiger partial charge in [0.2, 0.25) is 5.91 Å². The summed E-state index contributed by atoms with van der Waals surface area (Å²) in [6.07, 6.45) is -2.85. The molecule has 0 N–H and O–H groups in total. The third-order valence-corrected chi connectivity index (χ3v) is 5.33. The van der Waals surface area contributed by atoms with Gasteiger partial charge in [-0.3, -0.25) is 9.59 Å². The van der Waals surface area contributed by atoms with E-state index >= 15 is 0 Å². The van der Waals surface area contributed by atoms with Crippen LogP contribution < -0.4 is 0 Å². The fraction of sp³-hybridized carbons (Fsp3) is 0.529. The van der Waals surface area contributed by atoms with Gasteiger partial charge in [-0.1, -0.05) is 12.1 Å². The zero-order chi connectivity index (χ0) is 18.4. The van der Waals surface area contributed by atoms with Crippen LogP contribution in [0, 0.1) is 0 Å². The molecule has 2 rings (SSSR count). The second-order valence-corrected chi connectivity index (χ2v) is 7.12. The molecule has 0 bridgehead atoms. The number of ether oxygens (including phenoxy) is 1. The number of amides is 1. The number of esters is 1. The molecule has 0 aliphatic carbocycles. The zero-order valence-electron chi connectivity index (χ0n) is 13.8. The fourth-order valence-electron chi connectivity index (χ4n) is 2.61. The van der Waals surface area contributed by atoms with Crippen LogP contribution in [0.2, 0.25) is 0 Å². The van der Waals surface area contributed by atoms with Gasteiger partial charge in [0.15, 0.2) is 0 Å². The van der Waals surface area contributed by atoms with Crippen LogP contribution in [0.4, 0.5) is 13.2 Å². The monoisotopic (exact) mass is 375 g/mol. The van der Waals surface area contributed by atoms with Crippen LogP contribution in [0.5, 0.6) is 0 Å². The van der Waals surface area contributed by atoms with Crippen molar-refractivity contribution in [3.63, 3.8) is 0 Å². The number of rotatable bonds is 6. The first-order valence-electron chi connectivity index (χ1n) is 7.92. The molecule has 1 fully saturated rings. The molecule has 8 heteroatoms. The van der Waals surface area contributed by atoms with E-state index in [1.54, 1.807) is 4.90 Å². The van der Waals surface area contributed by atoms with Gasteiger partial charge in [0.1, 0.15) is 0 Å². The van der Waals surface area contributed by atoms with Crippen molar-refractivity contribution in [2.45, 2.75) is 30.7 Å². The van der Waals surface area contributed by atoms with Crippen molar-refractivity contribution in [3.8, 4) is 0 Å². The molecule has 4 nitrogen and oxygen atoms in total. The summed E-state index contributed by atoms with van der Waals surface area (Å²) in [7, 11) is 1.34. The lowest BCUT2D eigenvalue weighted by Gasteiger charge is -2.16. The van der Waals surface area contributed by atoms with Gasteiger partial charge in [-0.2, -0.15) is 13.2 Å². The molecule has 1 aliphatic heterocycles. The first-order chi connectivity index (χ1) is 11.8. The maximum atomic E-state index is 12.5. The number of halogens is 3. The minimum atomic E-state index is -4.35. The second kappa shape index (κ2) is 8.60. The van der Waals surface area contributed by atoms with E-state index in [0.29, 0.717) is 25.1 Å². The molecule has 0 aromatic heterocycles. The maximum absolute atomic E-state index is 12.5. The van der Waals surface area contributed by atoms with Crippen molar-refractivity contribution in [2.75, 3.05) is 26.0 Å². The summed E-state index contributed by atoms with van der Waals surface area (Å²) < 4.78 is 42.1. The van der Waals surface area contributed by atoms with Gasteiger partial charge in [0.05, 0.1) is 18.4 Å². The van der Waals surface area contributed by atoms with E-state index in [2.05, 4.69) is 4.74 Å². The summed E-state index contributed by atoms with van der Waals surface area (Å²) in [6, 6.07) is 4.90. The van der Waals surface area contributed by atoms with Gasteiger partial charge in [-0.25, -0.2) is 0 Å². The highest BCUT2D eigenvalue weighted by atomic mass is 32.2. The highest BCUT2D eigenvalue weighted by Crippen LogP contribution is 2.29.